The molecule has 2 rings (SSSR count). The van der Waals surface area contributed by atoms with E-state index in [1.54, 1.807) is 10.4 Å². The highest BCUT2D eigenvalue weighted by Crippen LogP contribution is 2.41. The van der Waals surface area contributed by atoms with E-state index in [1.807, 2.05) is 0 Å². The molecule has 1 aromatic carbocycles. The molecule has 0 amide bonds. The topological polar surface area (TPSA) is 18.5 Å². The Balaban J connectivity index is 2.76. The van der Waals surface area contributed by atoms with E-state index in [1.165, 1.54) is 0 Å². The fourth-order valence-electron chi connectivity index (χ4n) is 2.78. The first kappa shape index (κ1) is 18.6. The minimum absolute atomic E-state index is 0.303. The summed E-state index contributed by atoms with van der Waals surface area (Å²) in [4.78, 5) is 0. The van der Waals surface area contributed by atoms with Crippen LogP contribution in [-0.2, 0) is 0 Å². The van der Waals surface area contributed by atoms with E-state index in [0.717, 1.165) is 11.5 Å². The second-order valence-corrected chi connectivity index (χ2v) is 20.6. The van der Waals surface area contributed by atoms with Gasteiger partial charge in [-0.25, -0.2) is 0 Å². The zero-order valence-electron chi connectivity index (χ0n) is 16.7. The fourth-order valence-corrected chi connectivity index (χ4v) is 8.75. The molecule has 23 heavy (non-hydrogen) atoms. The highest BCUT2D eigenvalue weighted by atomic mass is 28.3. The van der Waals surface area contributed by atoms with E-state index < -0.39 is 16.1 Å². The second-order valence-electron chi connectivity index (χ2n) is 10.0. The van der Waals surface area contributed by atoms with Crippen LogP contribution in [0.25, 0.3) is 0 Å². The zero-order valence-corrected chi connectivity index (χ0v) is 18.7. The molecule has 0 fully saturated rings. The molecule has 1 aliphatic heterocycles. The van der Waals surface area contributed by atoms with E-state index in [-0.39, 0.29) is 0 Å². The molecule has 130 valence electrons. The molecule has 1 aromatic rings. The molecule has 4 heteroatoms. The Bertz CT molecular complexity index is 552. The summed E-state index contributed by atoms with van der Waals surface area (Å²) < 4.78 is 11.4. The summed E-state index contributed by atoms with van der Waals surface area (Å²) in [6, 6.07) is 4.63. The van der Waals surface area contributed by atoms with Crippen LogP contribution in [0, 0.1) is 0 Å². The van der Waals surface area contributed by atoms with Crippen molar-refractivity contribution < 1.29 is 9.47 Å². The van der Waals surface area contributed by atoms with E-state index in [0.29, 0.717) is 16.9 Å². The molecular formula is C19H34O2Si2. The third kappa shape index (κ3) is 3.00. The Kier molecular flexibility index (Phi) is 4.35. The maximum Gasteiger partial charge on any atom is 0.231 e. The first-order valence-corrected chi connectivity index (χ1v) is 14.6. The number of hydrogen-bond acceptors (Lipinski definition) is 2. The van der Waals surface area contributed by atoms with Crippen LogP contribution in [0.5, 0.6) is 11.5 Å². The quantitative estimate of drug-likeness (QED) is 0.710. The SMILES string of the molecule is CC(C)(C)[Si](C)(C)c1cc2c(cc1[Si](C)(C)C(C)(C)C)OCO2. The molecule has 2 nitrogen and oxygen atoms in total. The first-order chi connectivity index (χ1) is 10.2. The number of benzene rings is 1. The maximum atomic E-state index is 5.72. The molecule has 0 N–H and O–H groups in total. The summed E-state index contributed by atoms with van der Waals surface area (Å²) in [5.41, 5.74) is 0. The van der Waals surface area contributed by atoms with Gasteiger partial charge < -0.3 is 9.47 Å². The lowest BCUT2D eigenvalue weighted by molar-refractivity contribution is 0.174. The molecule has 0 atom stereocenters. The van der Waals surface area contributed by atoms with Gasteiger partial charge in [0.25, 0.3) is 0 Å². The largest absolute Gasteiger partial charge is 0.454 e. The molecule has 0 saturated carbocycles. The normalized spacial score (nSPS) is 15.9. The minimum atomic E-state index is -1.66. The monoisotopic (exact) mass is 350 g/mol. The van der Waals surface area contributed by atoms with Crippen molar-refractivity contribution in [2.45, 2.75) is 77.8 Å². The van der Waals surface area contributed by atoms with Gasteiger partial charge in [-0.15, -0.1) is 0 Å². The summed E-state index contributed by atoms with van der Waals surface area (Å²) in [5.74, 6) is 1.87. The summed E-state index contributed by atoms with van der Waals surface area (Å²) >= 11 is 0. The van der Waals surface area contributed by atoms with Gasteiger partial charge in [0, 0.05) is 0 Å². The van der Waals surface area contributed by atoms with Crippen molar-refractivity contribution >= 4 is 26.5 Å². The van der Waals surface area contributed by atoms with Crippen LogP contribution in [0.4, 0.5) is 0 Å². The molecule has 1 aliphatic rings. The Hall–Kier alpha value is -0.746. The van der Waals surface area contributed by atoms with Crippen molar-refractivity contribution in [3.63, 3.8) is 0 Å². The first-order valence-electron chi connectivity index (χ1n) is 8.64. The lowest BCUT2D eigenvalue weighted by Gasteiger charge is -2.44. The number of rotatable bonds is 2. The molecule has 0 aromatic heterocycles. The molecule has 1 heterocycles. The third-order valence-corrected chi connectivity index (χ3v) is 17.9. The van der Waals surface area contributed by atoms with Crippen molar-refractivity contribution in [3.05, 3.63) is 12.1 Å². The van der Waals surface area contributed by atoms with Crippen LogP contribution in [0.2, 0.25) is 36.3 Å². The van der Waals surface area contributed by atoms with Crippen molar-refractivity contribution in [3.8, 4) is 11.5 Å². The van der Waals surface area contributed by atoms with E-state index >= 15 is 0 Å². The van der Waals surface area contributed by atoms with Crippen LogP contribution in [0.1, 0.15) is 41.5 Å². The van der Waals surface area contributed by atoms with Gasteiger partial charge >= 0.3 is 0 Å². The van der Waals surface area contributed by atoms with Gasteiger partial charge in [-0.3, -0.25) is 0 Å². The summed E-state index contributed by atoms with van der Waals surface area (Å²) in [6.07, 6.45) is 0. The molecule has 0 radical (unpaired) electrons. The Morgan fingerprint density at radius 1 is 0.696 bits per heavy atom. The summed E-state index contributed by atoms with van der Waals surface area (Å²) in [5, 5.41) is 3.75. The smallest absolute Gasteiger partial charge is 0.231 e. The molecular weight excluding hydrogens is 316 g/mol. The summed E-state index contributed by atoms with van der Waals surface area (Å²) in [6.45, 7) is 24.7. The van der Waals surface area contributed by atoms with E-state index in [4.69, 9.17) is 9.47 Å². The molecule has 0 bridgehead atoms. The maximum absolute atomic E-state index is 5.72. The van der Waals surface area contributed by atoms with Gasteiger partial charge in [0.15, 0.2) is 11.5 Å². The van der Waals surface area contributed by atoms with Gasteiger partial charge in [0.05, 0.1) is 16.1 Å². The number of fused-ring (bicyclic) bond motifs is 1. The van der Waals surface area contributed by atoms with Gasteiger partial charge in [0.1, 0.15) is 0 Å². The number of hydrogen-bond donors (Lipinski definition) is 0. The van der Waals surface area contributed by atoms with Gasteiger partial charge in [-0.05, 0) is 22.2 Å². The lowest BCUT2D eigenvalue weighted by atomic mass is 10.2. The lowest BCUT2D eigenvalue weighted by Crippen LogP contribution is -2.64. The average molecular weight is 351 g/mol. The van der Waals surface area contributed by atoms with Crippen molar-refractivity contribution in [1.29, 1.82) is 0 Å². The van der Waals surface area contributed by atoms with Gasteiger partial charge in [-0.1, -0.05) is 78.1 Å². The molecule has 0 aliphatic carbocycles. The van der Waals surface area contributed by atoms with Crippen LogP contribution in [0.15, 0.2) is 12.1 Å². The number of ether oxygens (including phenoxy) is 2. The van der Waals surface area contributed by atoms with Crippen LogP contribution >= 0.6 is 0 Å². The molecule has 0 unspecified atom stereocenters. The van der Waals surface area contributed by atoms with Crippen LogP contribution < -0.4 is 19.8 Å². The summed E-state index contributed by atoms with van der Waals surface area (Å²) in [7, 11) is -3.32. The average Bonchev–Trinajstić information content (AvgIpc) is 2.81. The predicted octanol–water partition coefficient (Wildman–Crippen LogP) is 4.85. The second kappa shape index (κ2) is 5.38. The van der Waals surface area contributed by atoms with Crippen molar-refractivity contribution in [2.24, 2.45) is 0 Å². The van der Waals surface area contributed by atoms with Crippen LogP contribution in [0.3, 0.4) is 0 Å². The van der Waals surface area contributed by atoms with E-state index in [2.05, 4.69) is 79.9 Å². The van der Waals surface area contributed by atoms with Crippen molar-refractivity contribution in [1.82, 2.24) is 0 Å². The fraction of sp³-hybridized carbons (Fsp3) is 0.684. The highest BCUT2D eigenvalue weighted by molar-refractivity contribution is 7.01. The Labute approximate surface area is 144 Å². The van der Waals surface area contributed by atoms with Gasteiger partial charge in [0.2, 0.25) is 6.79 Å². The van der Waals surface area contributed by atoms with E-state index in [9.17, 15) is 0 Å². The Morgan fingerprint density at radius 2 is 1.00 bits per heavy atom. The van der Waals surface area contributed by atoms with Crippen LogP contribution in [-0.4, -0.2) is 22.9 Å². The molecule has 0 saturated heterocycles. The molecule has 0 spiro atoms. The van der Waals surface area contributed by atoms with Crippen molar-refractivity contribution in [2.75, 3.05) is 6.79 Å². The van der Waals surface area contributed by atoms with Gasteiger partial charge in [-0.2, -0.15) is 0 Å². The third-order valence-electron chi connectivity index (χ3n) is 6.61. The zero-order chi connectivity index (χ0) is 17.8. The minimum Gasteiger partial charge on any atom is -0.454 e. The highest BCUT2D eigenvalue weighted by Gasteiger charge is 2.45. The predicted molar refractivity (Wildman–Crippen MR) is 106 cm³/mol. The Morgan fingerprint density at radius 3 is 1.26 bits per heavy atom. The standard InChI is InChI=1S/C19H34O2Si2/c1-18(2,3)22(7,8)16-11-14-15(21-13-20-14)12-17(16)23(9,10)19(4,5)6/h11-12H,13H2,1-10H3.